The van der Waals surface area contributed by atoms with Crippen LogP contribution in [0.1, 0.15) is 6.92 Å². The molecule has 0 aliphatic carbocycles. The van der Waals surface area contributed by atoms with Gasteiger partial charge in [-0.3, -0.25) is 9.89 Å². The number of benzene rings is 2. The molecule has 1 aromatic heterocycles. The molecule has 0 spiro atoms. The number of hydrogen-bond donors (Lipinski definition) is 1. The molecule has 2 aromatic carbocycles. The molecule has 1 heterocycles. The zero-order valence-electron chi connectivity index (χ0n) is 13.6. The van der Waals surface area contributed by atoms with Gasteiger partial charge in [0.05, 0.1) is 5.75 Å². The lowest BCUT2D eigenvalue weighted by Crippen LogP contribution is -2.32. The second-order valence-electron chi connectivity index (χ2n) is 5.21. The van der Waals surface area contributed by atoms with Crippen LogP contribution in [0.3, 0.4) is 0 Å². The van der Waals surface area contributed by atoms with E-state index in [0.29, 0.717) is 17.5 Å². The first kappa shape index (κ1) is 17.7. The third-order valence-corrected chi connectivity index (χ3v) is 5.13. The van der Waals surface area contributed by atoms with Crippen molar-refractivity contribution >= 4 is 39.3 Å². The largest absolute Gasteiger partial charge is 0.312 e. The van der Waals surface area contributed by atoms with Crippen molar-refractivity contribution in [2.45, 2.75) is 12.1 Å². The smallest absolute Gasteiger partial charge is 0.237 e. The van der Waals surface area contributed by atoms with Crippen LogP contribution in [-0.2, 0) is 4.79 Å². The summed E-state index contributed by atoms with van der Waals surface area (Å²) in [6.07, 6.45) is 0. The Morgan fingerprint density at radius 2 is 1.88 bits per heavy atom. The fraction of sp³-hybridized carbons (Fsp3) is 0.167. The predicted octanol–water partition coefficient (Wildman–Crippen LogP) is 4.38. The zero-order valence-corrected chi connectivity index (χ0v) is 16.0. The minimum atomic E-state index is 0.0333. The van der Waals surface area contributed by atoms with Gasteiger partial charge in [-0.05, 0) is 25.1 Å². The van der Waals surface area contributed by atoms with E-state index >= 15 is 0 Å². The number of aromatic amines is 1. The molecule has 25 heavy (non-hydrogen) atoms. The van der Waals surface area contributed by atoms with E-state index in [1.54, 1.807) is 4.90 Å². The average molecular weight is 417 g/mol. The van der Waals surface area contributed by atoms with E-state index in [9.17, 15) is 4.79 Å². The monoisotopic (exact) mass is 416 g/mol. The molecule has 0 saturated carbocycles. The number of para-hydroxylation sites is 1. The number of anilines is 1. The van der Waals surface area contributed by atoms with E-state index in [1.165, 1.54) is 11.8 Å². The van der Waals surface area contributed by atoms with Crippen molar-refractivity contribution in [3.05, 3.63) is 59.1 Å². The summed E-state index contributed by atoms with van der Waals surface area (Å²) in [5.74, 6) is 1.000. The van der Waals surface area contributed by atoms with E-state index < -0.39 is 0 Å². The molecule has 0 unspecified atom stereocenters. The van der Waals surface area contributed by atoms with E-state index in [0.717, 1.165) is 15.7 Å². The van der Waals surface area contributed by atoms with Gasteiger partial charge in [-0.15, -0.1) is 5.10 Å². The Bertz CT molecular complexity index is 853. The Hall–Kier alpha value is -2.12. The number of nitrogens with one attached hydrogen (secondary N) is 1. The van der Waals surface area contributed by atoms with Crippen LogP contribution >= 0.6 is 27.7 Å². The normalized spacial score (nSPS) is 10.6. The van der Waals surface area contributed by atoms with Gasteiger partial charge in [-0.2, -0.15) is 0 Å². The van der Waals surface area contributed by atoms with Crippen molar-refractivity contribution < 1.29 is 4.79 Å². The Morgan fingerprint density at radius 3 is 2.60 bits per heavy atom. The second kappa shape index (κ2) is 8.31. The first-order chi connectivity index (χ1) is 12.2. The Labute approximate surface area is 159 Å². The Balaban J connectivity index is 1.66. The molecule has 7 heteroatoms. The van der Waals surface area contributed by atoms with Gasteiger partial charge in [0.25, 0.3) is 0 Å². The number of halogens is 1. The summed E-state index contributed by atoms with van der Waals surface area (Å²) in [6.45, 7) is 2.59. The van der Waals surface area contributed by atoms with Gasteiger partial charge < -0.3 is 4.90 Å². The number of nitrogens with zero attached hydrogens (tertiary/aromatic N) is 3. The van der Waals surface area contributed by atoms with Gasteiger partial charge in [0.2, 0.25) is 11.1 Å². The van der Waals surface area contributed by atoms with Crippen LogP contribution in [0.4, 0.5) is 5.69 Å². The van der Waals surface area contributed by atoms with E-state index in [4.69, 9.17) is 0 Å². The molecule has 0 aliphatic rings. The molecule has 1 amide bonds. The molecule has 128 valence electrons. The van der Waals surface area contributed by atoms with Crippen molar-refractivity contribution in [3.8, 4) is 11.4 Å². The maximum atomic E-state index is 12.5. The van der Waals surface area contributed by atoms with Gasteiger partial charge in [0, 0.05) is 22.3 Å². The molecule has 0 saturated heterocycles. The van der Waals surface area contributed by atoms with Crippen LogP contribution in [0.5, 0.6) is 0 Å². The van der Waals surface area contributed by atoms with E-state index in [2.05, 4.69) is 31.1 Å². The summed E-state index contributed by atoms with van der Waals surface area (Å²) in [6, 6.07) is 17.5. The number of H-pyrrole nitrogens is 1. The Morgan fingerprint density at radius 1 is 1.16 bits per heavy atom. The highest BCUT2D eigenvalue weighted by molar-refractivity contribution is 9.10. The van der Waals surface area contributed by atoms with Crippen LogP contribution in [0.25, 0.3) is 11.4 Å². The molecule has 3 rings (SSSR count). The van der Waals surface area contributed by atoms with Gasteiger partial charge in [0.1, 0.15) is 0 Å². The topological polar surface area (TPSA) is 61.9 Å². The molecule has 0 bridgehead atoms. The summed E-state index contributed by atoms with van der Waals surface area (Å²) < 4.78 is 0.944. The maximum Gasteiger partial charge on any atom is 0.237 e. The number of thioether (sulfide) groups is 1. The fourth-order valence-electron chi connectivity index (χ4n) is 2.40. The van der Waals surface area contributed by atoms with Crippen molar-refractivity contribution in [1.82, 2.24) is 15.2 Å². The van der Waals surface area contributed by atoms with Crippen molar-refractivity contribution in [2.75, 3.05) is 17.2 Å². The minimum absolute atomic E-state index is 0.0333. The fourth-order valence-corrected chi connectivity index (χ4v) is 3.55. The minimum Gasteiger partial charge on any atom is -0.312 e. The highest BCUT2D eigenvalue weighted by Crippen LogP contribution is 2.26. The lowest BCUT2D eigenvalue weighted by atomic mass is 10.2. The summed E-state index contributed by atoms with van der Waals surface area (Å²) in [5, 5.41) is 7.68. The molecule has 0 radical (unpaired) electrons. The van der Waals surface area contributed by atoms with Gasteiger partial charge in [-0.1, -0.05) is 64.1 Å². The first-order valence-electron chi connectivity index (χ1n) is 7.84. The zero-order chi connectivity index (χ0) is 17.6. The SMILES string of the molecule is CCN(C(=O)CSc1n[nH]c(-c2ccccc2Br)n1)c1ccccc1. The highest BCUT2D eigenvalue weighted by Gasteiger charge is 2.16. The van der Waals surface area contributed by atoms with Crippen LogP contribution < -0.4 is 4.90 Å². The molecular weight excluding hydrogens is 400 g/mol. The van der Waals surface area contributed by atoms with E-state index in [1.807, 2.05) is 61.5 Å². The number of amides is 1. The molecule has 0 fully saturated rings. The summed E-state index contributed by atoms with van der Waals surface area (Å²) >= 11 is 4.83. The second-order valence-corrected chi connectivity index (χ2v) is 7.01. The van der Waals surface area contributed by atoms with Crippen molar-refractivity contribution in [1.29, 1.82) is 0 Å². The number of rotatable bonds is 6. The van der Waals surface area contributed by atoms with Crippen LogP contribution in [0, 0.1) is 0 Å². The van der Waals surface area contributed by atoms with Crippen LogP contribution in [-0.4, -0.2) is 33.4 Å². The number of carbonyl (C=O) groups is 1. The number of hydrogen-bond acceptors (Lipinski definition) is 4. The highest BCUT2D eigenvalue weighted by atomic mass is 79.9. The van der Waals surface area contributed by atoms with Crippen LogP contribution in [0.2, 0.25) is 0 Å². The molecular formula is C18H17BrN4OS. The summed E-state index contributed by atoms with van der Waals surface area (Å²) in [7, 11) is 0. The third kappa shape index (κ3) is 4.29. The lowest BCUT2D eigenvalue weighted by molar-refractivity contribution is -0.116. The average Bonchev–Trinajstić information content (AvgIpc) is 3.11. The quantitative estimate of drug-likeness (QED) is 0.605. The molecule has 5 nitrogen and oxygen atoms in total. The predicted molar refractivity (Wildman–Crippen MR) is 105 cm³/mol. The Kier molecular flexibility index (Phi) is 5.88. The lowest BCUT2D eigenvalue weighted by Gasteiger charge is -2.20. The van der Waals surface area contributed by atoms with Crippen molar-refractivity contribution in [3.63, 3.8) is 0 Å². The first-order valence-corrected chi connectivity index (χ1v) is 9.62. The van der Waals surface area contributed by atoms with Gasteiger partial charge in [-0.25, -0.2) is 4.98 Å². The molecule has 1 N–H and O–H groups in total. The number of aromatic nitrogens is 3. The standard InChI is InChI=1S/C18H17BrN4OS/c1-2-23(13-8-4-3-5-9-13)16(24)12-25-18-20-17(21-22-18)14-10-6-7-11-15(14)19/h3-11H,2,12H2,1H3,(H,20,21,22). The van der Waals surface area contributed by atoms with Crippen LogP contribution in [0.15, 0.2) is 64.2 Å². The van der Waals surface area contributed by atoms with Crippen molar-refractivity contribution in [2.24, 2.45) is 0 Å². The number of carbonyl (C=O) groups excluding carboxylic acids is 1. The summed E-state index contributed by atoms with van der Waals surface area (Å²) in [5.41, 5.74) is 1.84. The third-order valence-electron chi connectivity index (χ3n) is 3.60. The van der Waals surface area contributed by atoms with Gasteiger partial charge in [0.15, 0.2) is 5.82 Å². The molecule has 0 atom stereocenters. The summed E-state index contributed by atoms with van der Waals surface area (Å²) in [4.78, 5) is 18.7. The maximum absolute atomic E-state index is 12.5. The molecule has 3 aromatic rings. The van der Waals surface area contributed by atoms with Gasteiger partial charge >= 0.3 is 0 Å². The van der Waals surface area contributed by atoms with E-state index in [-0.39, 0.29) is 11.7 Å². The molecule has 0 aliphatic heterocycles.